The van der Waals surface area contributed by atoms with Crippen LogP contribution >= 0.6 is 11.6 Å². The van der Waals surface area contributed by atoms with Crippen LogP contribution in [0.4, 0.5) is 4.39 Å². The van der Waals surface area contributed by atoms with Gasteiger partial charge in [0.2, 0.25) is 0 Å². The molecule has 4 rings (SSSR count). The fourth-order valence-corrected chi connectivity index (χ4v) is 2.62. The Labute approximate surface area is 132 Å². The minimum atomic E-state index is -0.565. The van der Waals surface area contributed by atoms with Crippen molar-refractivity contribution < 1.29 is 4.39 Å². The summed E-state index contributed by atoms with van der Waals surface area (Å²) in [6, 6.07) is 10.1. The van der Waals surface area contributed by atoms with Gasteiger partial charge >= 0.3 is 5.69 Å². The third kappa shape index (κ3) is 2.05. The van der Waals surface area contributed by atoms with Crippen molar-refractivity contribution in [2.24, 2.45) is 0 Å². The van der Waals surface area contributed by atoms with Crippen molar-refractivity contribution in [1.82, 2.24) is 19.2 Å². The van der Waals surface area contributed by atoms with E-state index in [4.69, 9.17) is 11.6 Å². The molecule has 0 unspecified atom stereocenters. The van der Waals surface area contributed by atoms with Gasteiger partial charge in [0.15, 0.2) is 5.69 Å². The predicted molar refractivity (Wildman–Crippen MR) is 83.4 cm³/mol. The molecule has 0 aliphatic carbocycles. The highest BCUT2D eigenvalue weighted by molar-refractivity contribution is 6.31. The van der Waals surface area contributed by atoms with Gasteiger partial charge in [-0.05, 0) is 42.5 Å². The first-order valence-corrected chi connectivity index (χ1v) is 7.02. The zero-order valence-electron chi connectivity index (χ0n) is 11.5. The fourth-order valence-electron chi connectivity index (χ4n) is 2.46. The smallest absolute Gasteiger partial charge is 0.303 e. The molecule has 0 amide bonds. The highest BCUT2D eigenvalue weighted by Gasteiger charge is 2.15. The van der Waals surface area contributed by atoms with Crippen LogP contribution in [0.1, 0.15) is 0 Å². The summed E-state index contributed by atoms with van der Waals surface area (Å²) in [5.74, 6) is -0.423. The van der Waals surface area contributed by atoms with E-state index in [1.54, 1.807) is 18.2 Å². The van der Waals surface area contributed by atoms with Crippen molar-refractivity contribution in [3.63, 3.8) is 0 Å². The maximum Gasteiger partial charge on any atom is 0.362 e. The van der Waals surface area contributed by atoms with E-state index in [2.05, 4.69) is 10.1 Å². The molecule has 2 heterocycles. The van der Waals surface area contributed by atoms with Gasteiger partial charge in [-0.25, -0.2) is 9.18 Å². The molecule has 0 bridgehead atoms. The number of aromatic nitrogens is 4. The SMILES string of the molecule is O=c1[nH]c2ccc(Cl)cc2n2c(=O)c(-c3ccc(F)cc3)nn12. The van der Waals surface area contributed by atoms with E-state index in [1.807, 2.05) is 0 Å². The summed E-state index contributed by atoms with van der Waals surface area (Å²) in [6.45, 7) is 0. The van der Waals surface area contributed by atoms with E-state index >= 15 is 0 Å². The van der Waals surface area contributed by atoms with E-state index in [-0.39, 0.29) is 5.69 Å². The first-order chi connectivity index (χ1) is 11.0. The van der Waals surface area contributed by atoms with E-state index in [0.717, 1.165) is 9.15 Å². The van der Waals surface area contributed by atoms with Crippen molar-refractivity contribution in [1.29, 1.82) is 0 Å². The number of halogens is 2. The summed E-state index contributed by atoms with van der Waals surface area (Å²) < 4.78 is 15.1. The second kappa shape index (κ2) is 4.79. The van der Waals surface area contributed by atoms with Crippen molar-refractivity contribution in [3.8, 4) is 11.3 Å². The van der Waals surface area contributed by atoms with Gasteiger partial charge < -0.3 is 4.98 Å². The maximum atomic E-state index is 13.0. The molecule has 0 aliphatic heterocycles. The van der Waals surface area contributed by atoms with Crippen LogP contribution in [0, 0.1) is 5.82 Å². The van der Waals surface area contributed by atoms with Crippen LogP contribution in [-0.2, 0) is 0 Å². The predicted octanol–water partition coefficient (Wildman–Crippen LogP) is 2.09. The molecule has 0 saturated heterocycles. The molecule has 114 valence electrons. The Morgan fingerprint density at radius 3 is 2.57 bits per heavy atom. The fraction of sp³-hybridized carbons (Fsp3) is 0. The van der Waals surface area contributed by atoms with Gasteiger partial charge in [-0.15, -0.1) is 9.73 Å². The summed E-state index contributed by atoms with van der Waals surface area (Å²) in [7, 11) is 0. The molecule has 0 aliphatic rings. The van der Waals surface area contributed by atoms with Crippen LogP contribution in [0.15, 0.2) is 52.1 Å². The molecule has 8 heteroatoms. The lowest BCUT2D eigenvalue weighted by molar-refractivity contribution is 0.628. The molecule has 23 heavy (non-hydrogen) atoms. The molecule has 6 nitrogen and oxygen atoms in total. The van der Waals surface area contributed by atoms with Crippen molar-refractivity contribution >= 4 is 22.6 Å². The number of hydrogen-bond donors (Lipinski definition) is 1. The Bertz CT molecular complexity index is 1170. The second-order valence-electron chi connectivity index (χ2n) is 4.95. The third-order valence-electron chi connectivity index (χ3n) is 3.51. The zero-order valence-corrected chi connectivity index (χ0v) is 12.2. The summed E-state index contributed by atoms with van der Waals surface area (Å²) in [5, 5.41) is 4.47. The maximum absolute atomic E-state index is 13.0. The first-order valence-electron chi connectivity index (χ1n) is 6.64. The monoisotopic (exact) mass is 330 g/mol. The van der Waals surface area contributed by atoms with Gasteiger partial charge in [0.25, 0.3) is 5.56 Å². The average Bonchev–Trinajstić information content (AvgIpc) is 2.88. The average molecular weight is 331 g/mol. The minimum Gasteiger partial charge on any atom is -0.303 e. The van der Waals surface area contributed by atoms with Gasteiger partial charge in [0.1, 0.15) is 5.82 Å². The van der Waals surface area contributed by atoms with E-state index in [9.17, 15) is 14.0 Å². The topological polar surface area (TPSA) is 71.6 Å². The molecule has 1 N–H and O–H groups in total. The quantitative estimate of drug-likeness (QED) is 0.581. The Balaban J connectivity index is 2.15. The molecule has 0 saturated carbocycles. The largest absolute Gasteiger partial charge is 0.362 e. The highest BCUT2D eigenvalue weighted by atomic mass is 35.5. The second-order valence-corrected chi connectivity index (χ2v) is 5.39. The Morgan fingerprint density at radius 2 is 1.83 bits per heavy atom. The normalized spacial score (nSPS) is 11.4. The van der Waals surface area contributed by atoms with E-state index in [1.165, 1.54) is 24.3 Å². The molecule has 2 aromatic heterocycles. The zero-order chi connectivity index (χ0) is 16.1. The standard InChI is InChI=1S/C15H8ClFN4O2/c16-9-3-6-11-12(7-9)20-14(22)13(19-21(20)15(23)18-11)8-1-4-10(17)5-2-8/h1-7H,(H,18,23). The molecule has 0 atom stereocenters. The Morgan fingerprint density at radius 1 is 1.09 bits per heavy atom. The Hall–Kier alpha value is -2.93. The molecular weight excluding hydrogens is 323 g/mol. The number of hydrogen-bond acceptors (Lipinski definition) is 3. The van der Waals surface area contributed by atoms with Crippen molar-refractivity contribution in [2.45, 2.75) is 0 Å². The summed E-state index contributed by atoms with van der Waals surface area (Å²) in [4.78, 5) is 27.4. The van der Waals surface area contributed by atoms with Crippen LogP contribution in [0.3, 0.4) is 0 Å². The van der Waals surface area contributed by atoms with Gasteiger partial charge in [-0.2, -0.15) is 4.52 Å². The van der Waals surface area contributed by atoms with Gasteiger partial charge in [0.05, 0.1) is 11.0 Å². The Kier molecular flexibility index (Phi) is 2.85. The van der Waals surface area contributed by atoms with Crippen LogP contribution < -0.4 is 11.2 Å². The molecule has 4 aromatic rings. The van der Waals surface area contributed by atoms with E-state index < -0.39 is 17.1 Å². The molecular formula is C15H8ClFN4O2. The molecule has 2 aromatic carbocycles. The number of fused-ring (bicyclic) bond motifs is 3. The lowest BCUT2D eigenvalue weighted by Crippen LogP contribution is -2.26. The minimum absolute atomic E-state index is 0.0491. The van der Waals surface area contributed by atoms with Crippen LogP contribution in [-0.4, -0.2) is 19.2 Å². The number of benzene rings is 2. The lowest BCUT2D eigenvalue weighted by atomic mass is 10.2. The number of nitrogens with zero attached hydrogens (tertiary/aromatic N) is 3. The van der Waals surface area contributed by atoms with Crippen molar-refractivity contribution in [3.05, 3.63) is 74.1 Å². The van der Waals surface area contributed by atoms with Gasteiger partial charge in [0, 0.05) is 10.6 Å². The first kappa shape index (κ1) is 13.7. The van der Waals surface area contributed by atoms with Crippen LogP contribution in [0.2, 0.25) is 5.02 Å². The molecule has 0 spiro atoms. The third-order valence-corrected chi connectivity index (χ3v) is 3.74. The number of H-pyrrole nitrogens is 1. The highest BCUT2D eigenvalue weighted by Crippen LogP contribution is 2.17. The summed E-state index contributed by atoms with van der Waals surface area (Å²) in [6.07, 6.45) is 0. The summed E-state index contributed by atoms with van der Waals surface area (Å²) >= 11 is 5.97. The number of rotatable bonds is 1. The van der Waals surface area contributed by atoms with Gasteiger partial charge in [-0.3, -0.25) is 4.79 Å². The number of nitrogens with one attached hydrogen (secondary N) is 1. The van der Waals surface area contributed by atoms with Gasteiger partial charge in [-0.1, -0.05) is 11.6 Å². The van der Waals surface area contributed by atoms with Crippen molar-refractivity contribution in [2.75, 3.05) is 0 Å². The molecule has 0 fully saturated rings. The summed E-state index contributed by atoms with van der Waals surface area (Å²) in [5.41, 5.74) is 0.290. The van der Waals surface area contributed by atoms with Crippen LogP contribution in [0.25, 0.3) is 22.3 Å². The van der Waals surface area contributed by atoms with E-state index in [0.29, 0.717) is 21.6 Å². The molecule has 0 radical (unpaired) electrons. The van der Waals surface area contributed by atoms with Crippen LogP contribution in [0.5, 0.6) is 0 Å². The number of aromatic amines is 1. The lowest BCUT2D eigenvalue weighted by Gasteiger charge is -2.01.